The molecule has 7 nitrogen and oxygen atoms in total. The molecule has 2 unspecified atom stereocenters. The van der Waals surface area contributed by atoms with Gasteiger partial charge in [-0.05, 0) is 62.7 Å². The van der Waals surface area contributed by atoms with E-state index in [1.165, 1.54) is 6.42 Å². The Morgan fingerprint density at radius 2 is 2.06 bits per heavy atom. The molecule has 1 aromatic heterocycles. The Balaban J connectivity index is 1.42. The van der Waals surface area contributed by atoms with E-state index in [2.05, 4.69) is 10.2 Å². The molecule has 1 aromatic carbocycles. The van der Waals surface area contributed by atoms with Gasteiger partial charge in [-0.15, -0.1) is 0 Å². The average molecular weight is 426 g/mol. The fraction of sp³-hybridized carbons (Fsp3) is 0.500. The van der Waals surface area contributed by atoms with Crippen molar-refractivity contribution in [3.63, 3.8) is 0 Å². The Kier molecular flexibility index (Phi) is 6.61. The van der Waals surface area contributed by atoms with Gasteiger partial charge in [-0.3, -0.25) is 14.5 Å². The van der Waals surface area contributed by atoms with Gasteiger partial charge in [0.15, 0.2) is 0 Å². The lowest BCUT2D eigenvalue weighted by Gasteiger charge is -2.33. The molecular weight excluding hydrogens is 394 g/mol. The minimum absolute atomic E-state index is 0.0179. The number of carbonyl (C=O) groups excluding carboxylic acids is 2. The summed E-state index contributed by atoms with van der Waals surface area (Å²) in [6, 6.07) is 9.61. The van der Waals surface area contributed by atoms with E-state index in [0.717, 1.165) is 42.9 Å². The Bertz CT molecular complexity index is 906. The molecule has 1 N–H and O–H groups in total. The molecule has 0 spiro atoms. The second kappa shape index (κ2) is 9.56. The number of anilines is 1. The topological polar surface area (TPSA) is 75.0 Å². The number of hydrogen-bond donors (Lipinski definition) is 1. The van der Waals surface area contributed by atoms with Gasteiger partial charge in [0.1, 0.15) is 11.5 Å². The predicted molar refractivity (Wildman–Crippen MR) is 118 cm³/mol. The van der Waals surface area contributed by atoms with Crippen LogP contribution in [0.25, 0.3) is 0 Å². The lowest BCUT2D eigenvalue weighted by atomic mass is 10.1. The maximum Gasteiger partial charge on any atom is 0.227 e. The fourth-order valence-electron chi connectivity index (χ4n) is 4.59. The Hall–Kier alpha value is -2.80. The number of amides is 2. The lowest BCUT2D eigenvalue weighted by molar-refractivity contribution is -0.126. The van der Waals surface area contributed by atoms with Crippen LogP contribution in [0.15, 0.2) is 41.0 Å². The highest BCUT2D eigenvalue weighted by atomic mass is 16.5. The van der Waals surface area contributed by atoms with Crippen molar-refractivity contribution in [1.29, 1.82) is 0 Å². The summed E-state index contributed by atoms with van der Waals surface area (Å²) in [5.41, 5.74) is 1.77. The largest absolute Gasteiger partial charge is 0.495 e. The third-order valence-corrected chi connectivity index (χ3v) is 6.29. The van der Waals surface area contributed by atoms with E-state index in [1.54, 1.807) is 18.3 Å². The molecule has 0 radical (unpaired) electrons. The third-order valence-electron chi connectivity index (χ3n) is 6.29. The lowest BCUT2D eigenvalue weighted by Crippen LogP contribution is -2.42. The van der Waals surface area contributed by atoms with Gasteiger partial charge in [0.2, 0.25) is 11.8 Å². The van der Waals surface area contributed by atoms with Crippen molar-refractivity contribution in [2.24, 2.45) is 5.92 Å². The maximum atomic E-state index is 13.0. The first-order chi connectivity index (χ1) is 15.1. The molecular formula is C24H31N3O4. The number of ether oxygens (including phenoxy) is 1. The van der Waals surface area contributed by atoms with E-state index in [9.17, 15) is 9.59 Å². The highest BCUT2D eigenvalue weighted by molar-refractivity contribution is 6.01. The first-order valence-electron chi connectivity index (χ1n) is 11.1. The minimum atomic E-state index is -0.378. The summed E-state index contributed by atoms with van der Waals surface area (Å²) in [7, 11) is 1.59. The summed E-state index contributed by atoms with van der Waals surface area (Å²) in [4.78, 5) is 29.7. The van der Waals surface area contributed by atoms with Gasteiger partial charge in [-0.25, -0.2) is 0 Å². The number of methoxy groups -OCH3 is 1. The van der Waals surface area contributed by atoms with Gasteiger partial charge in [0, 0.05) is 19.5 Å². The highest BCUT2D eigenvalue weighted by Gasteiger charge is 2.37. The molecule has 166 valence electrons. The van der Waals surface area contributed by atoms with E-state index in [-0.39, 0.29) is 30.2 Å². The number of hydrogen-bond acceptors (Lipinski definition) is 5. The Morgan fingerprint density at radius 3 is 2.77 bits per heavy atom. The van der Waals surface area contributed by atoms with Crippen LogP contribution < -0.4 is 15.0 Å². The number of likely N-dealkylation sites (tertiary alicyclic amines) is 1. The molecule has 2 aromatic rings. The molecule has 0 saturated carbocycles. The first kappa shape index (κ1) is 21.4. The molecule has 0 bridgehead atoms. The van der Waals surface area contributed by atoms with Gasteiger partial charge in [-0.2, -0.15) is 0 Å². The second-order valence-electron chi connectivity index (χ2n) is 8.45. The number of nitrogens with zero attached hydrogens (tertiary/aromatic N) is 2. The van der Waals surface area contributed by atoms with Crippen LogP contribution in [0.2, 0.25) is 0 Å². The molecule has 7 heteroatoms. The number of nitrogens with one attached hydrogen (secondary N) is 1. The van der Waals surface area contributed by atoms with Crippen LogP contribution in [0.3, 0.4) is 0 Å². The van der Waals surface area contributed by atoms with Crippen molar-refractivity contribution >= 4 is 17.5 Å². The number of furan rings is 1. The van der Waals surface area contributed by atoms with Crippen LogP contribution in [0.4, 0.5) is 5.69 Å². The fourth-order valence-corrected chi connectivity index (χ4v) is 4.59. The van der Waals surface area contributed by atoms with E-state index >= 15 is 0 Å². The highest BCUT2D eigenvalue weighted by Crippen LogP contribution is 2.34. The second-order valence-corrected chi connectivity index (χ2v) is 8.45. The van der Waals surface area contributed by atoms with E-state index in [1.807, 2.05) is 37.3 Å². The van der Waals surface area contributed by atoms with Crippen molar-refractivity contribution in [3.8, 4) is 5.75 Å². The van der Waals surface area contributed by atoms with E-state index in [0.29, 0.717) is 18.8 Å². The smallest absolute Gasteiger partial charge is 0.227 e. The third kappa shape index (κ3) is 4.77. The van der Waals surface area contributed by atoms with Gasteiger partial charge in [0.25, 0.3) is 0 Å². The van der Waals surface area contributed by atoms with Crippen molar-refractivity contribution in [2.75, 3.05) is 38.2 Å². The predicted octanol–water partition coefficient (Wildman–Crippen LogP) is 3.29. The number of carbonyl (C=O) groups is 2. The molecule has 2 aliphatic rings. The van der Waals surface area contributed by atoms with Crippen LogP contribution >= 0.6 is 0 Å². The van der Waals surface area contributed by atoms with Gasteiger partial charge >= 0.3 is 0 Å². The van der Waals surface area contributed by atoms with Crippen molar-refractivity contribution < 1.29 is 18.7 Å². The normalized spacial score (nSPS) is 20.6. The molecule has 2 fully saturated rings. The van der Waals surface area contributed by atoms with Crippen LogP contribution in [0, 0.1) is 12.8 Å². The molecule has 2 saturated heterocycles. The summed E-state index contributed by atoms with van der Waals surface area (Å²) in [6.45, 7) is 4.82. The Morgan fingerprint density at radius 1 is 1.26 bits per heavy atom. The van der Waals surface area contributed by atoms with Gasteiger partial charge in [-0.1, -0.05) is 12.5 Å². The molecule has 4 rings (SSSR count). The van der Waals surface area contributed by atoms with Gasteiger partial charge < -0.3 is 19.4 Å². The summed E-state index contributed by atoms with van der Waals surface area (Å²) >= 11 is 0. The SMILES string of the molecule is COc1ccc(C)cc1N1CC(C(=O)NCC(c2ccco2)N2CCCCC2)CC1=O. The number of piperidine rings is 1. The van der Waals surface area contributed by atoms with Crippen molar-refractivity contribution in [3.05, 3.63) is 47.9 Å². The zero-order valence-electron chi connectivity index (χ0n) is 18.3. The number of aryl methyl sites for hydroxylation is 1. The van der Waals surface area contributed by atoms with Crippen LogP contribution in [0.1, 0.15) is 43.0 Å². The van der Waals surface area contributed by atoms with Crippen LogP contribution in [-0.2, 0) is 9.59 Å². The molecule has 0 aliphatic carbocycles. The number of rotatable bonds is 7. The van der Waals surface area contributed by atoms with Crippen molar-refractivity contribution in [1.82, 2.24) is 10.2 Å². The number of benzene rings is 1. The molecule has 2 amide bonds. The Labute approximate surface area is 183 Å². The maximum absolute atomic E-state index is 13.0. The molecule has 3 heterocycles. The summed E-state index contributed by atoms with van der Waals surface area (Å²) in [5.74, 6) is 0.994. The van der Waals surface area contributed by atoms with E-state index < -0.39 is 0 Å². The average Bonchev–Trinajstić information content (AvgIpc) is 3.44. The molecule has 2 atom stereocenters. The van der Waals surface area contributed by atoms with Crippen molar-refractivity contribution in [2.45, 2.75) is 38.6 Å². The summed E-state index contributed by atoms with van der Waals surface area (Å²) in [6.07, 6.45) is 5.45. The minimum Gasteiger partial charge on any atom is -0.495 e. The molecule has 2 aliphatic heterocycles. The zero-order valence-corrected chi connectivity index (χ0v) is 18.3. The standard InChI is InChI=1S/C24H31N3O4/c1-17-8-9-21(30-2)19(13-17)27-16-18(14-23(27)28)24(29)25-15-20(22-7-6-12-31-22)26-10-4-3-5-11-26/h6-9,12-13,18,20H,3-5,10-11,14-16H2,1-2H3,(H,25,29). The summed E-state index contributed by atoms with van der Waals surface area (Å²) < 4.78 is 11.1. The quantitative estimate of drug-likeness (QED) is 0.737. The van der Waals surface area contributed by atoms with Crippen LogP contribution in [-0.4, -0.2) is 50.0 Å². The van der Waals surface area contributed by atoms with Crippen LogP contribution in [0.5, 0.6) is 5.75 Å². The van der Waals surface area contributed by atoms with E-state index in [4.69, 9.17) is 9.15 Å². The first-order valence-corrected chi connectivity index (χ1v) is 11.1. The zero-order chi connectivity index (χ0) is 21.8. The molecule has 31 heavy (non-hydrogen) atoms. The summed E-state index contributed by atoms with van der Waals surface area (Å²) in [5, 5.41) is 3.09. The monoisotopic (exact) mass is 425 g/mol. The van der Waals surface area contributed by atoms with Gasteiger partial charge in [0.05, 0.1) is 31.0 Å².